The van der Waals surface area contributed by atoms with Crippen LogP contribution in [0.25, 0.3) is 0 Å². The van der Waals surface area contributed by atoms with Crippen molar-refractivity contribution in [1.82, 2.24) is 10.6 Å². The molecule has 2 unspecified atom stereocenters. The second-order valence-electron chi connectivity index (χ2n) is 5.89. The van der Waals surface area contributed by atoms with Crippen molar-refractivity contribution in [2.45, 2.75) is 38.3 Å². The van der Waals surface area contributed by atoms with Crippen molar-refractivity contribution in [2.24, 2.45) is 0 Å². The smallest absolute Gasteiger partial charge is 0.315 e. The van der Waals surface area contributed by atoms with Gasteiger partial charge in [0.2, 0.25) is 0 Å². The van der Waals surface area contributed by atoms with E-state index in [0.29, 0.717) is 0 Å². The molecule has 0 heterocycles. The molecule has 0 spiro atoms. The molecule has 0 fully saturated rings. The van der Waals surface area contributed by atoms with Crippen LogP contribution in [0.5, 0.6) is 0 Å². The number of fused-ring (bicyclic) bond motifs is 1. The number of rotatable bonds is 3. The first-order valence-corrected chi connectivity index (χ1v) is 7.94. The van der Waals surface area contributed by atoms with Gasteiger partial charge in [-0.25, -0.2) is 4.79 Å². The number of urea groups is 1. The molecule has 2 N–H and O–H groups in total. The van der Waals surface area contributed by atoms with Gasteiger partial charge in [0, 0.05) is 0 Å². The average molecular weight is 294 g/mol. The standard InChI is InChI=1S/C19H22N2O/c1-14(15-8-3-2-4-9-15)20-19(22)21-18-13-7-11-16-10-5-6-12-17(16)18/h2-6,8-10,12,14,18H,7,11,13H2,1H3,(H2,20,21,22). The average Bonchev–Trinajstić information content (AvgIpc) is 2.56. The van der Waals surface area contributed by atoms with Gasteiger partial charge in [-0.15, -0.1) is 0 Å². The van der Waals surface area contributed by atoms with Gasteiger partial charge in [0.15, 0.2) is 0 Å². The maximum atomic E-state index is 12.3. The van der Waals surface area contributed by atoms with E-state index in [9.17, 15) is 4.79 Å². The molecule has 0 bridgehead atoms. The Hall–Kier alpha value is -2.29. The normalized spacial score (nSPS) is 18.1. The molecule has 3 heteroatoms. The van der Waals surface area contributed by atoms with E-state index in [0.717, 1.165) is 24.8 Å². The number of aryl methyl sites for hydroxylation is 1. The molecule has 3 nitrogen and oxygen atoms in total. The van der Waals surface area contributed by atoms with Crippen LogP contribution in [0, 0.1) is 0 Å². The fourth-order valence-electron chi connectivity index (χ4n) is 3.13. The van der Waals surface area contributed by atoms with Crippen LogP contribution >= 0.6 is 0 Å². The summed E-state index contributed by atoms with van der Waals surface area (Å²) in [6.07, 6.45) is 3.23. The number of benzene rings is 2. The number of hydrogen-bond acceptors (Lipinski definition) is 1. The van der Waals surface area contributed by atoms with E-state index in [4.69, 9.17) is 0 Å². The number of hydrogen-bond donors (Lipinski definition) is 2. The summed E-state index contributed by atoms with van der Waals surface area (Å²) in [5, 5.41) is 6.15. The predicted molar refractivity (Wildman–Crippen MR) is 88.6 cm³/mol. The first-order chi connectivity index (χ1) is 10.7. The first kappa shape index (κ1) is 14.6. The topological polar surface area (TPSA) is 41.1 Å². The van der Waals surface area contributed by atoms with Gasteiger partial charge in [-0.2, -0.15) is 0 Å². The molecule has 2 atom stereocenters. The maximum absolute atomic E-state index is 12.3. The van der Waals surface area contributed by atoms with Gasteiger partial charge >= 0.3 is 6.03 Å². The fourth-order valence-corrected chi connectivity index (χ4v) is 3.13. The van der Waals surface area contributed by atoms with Crippen molar-refractivity contribution in [2.75, 3.05) is 0 Å². The minimum Gasteiger partial charge on any atom is -0.332 e. The van der Waals surface area contributed by atoms with Crippen molar-refractivity contribution in [1.29, 1.82) is 0 Å². The monoisotopic (exact) mass is 294 g/mol. The molecule has 0 saturated carbocycles. The van der Waals surface area contributed by atoms with Gasteiger partial charge in [0.05, 0.1) is 12.1 Å². The molecule has 2 aromatic carbocycles. The molecular formula is C19H22N2O. The summed E-state index contributed by atoms with van der Waals surface area (Å²) in [5.74, 6) is 0. The first-order valence-electron chi connectivity index (χ1n) is 7.94. The summed E-state index contributed by atoms with van der Waals surface area (Å²) < 4.78 is 0. The summed E-state index contributed by atoms with van der Waals surface area (Å²) in [5.41, 5.74) is 3.73. The van der Waals surface area contributed by atoms with Crippen molar-refractivity contribution >= 4 is 6.03 Å². The number of nitrogens with one attached hydrogen (secondary N) is 2. The molecule has 3 rings (SSSR count). The highest BCUT2D eigenvalue weighted by Crippen LogP contribution is 2.29. The Morgan fingerprint density at radius 2 is 1.82 bits per heavy atom. The van der Waals surface area contributed by atoms with Gasteiger partial charge in [0.25, 0.3) is 0 Å². The maximum Gasteiger partial charge on any atom is 0.315 e. The molecule has 2 amide bonds. The molecule has 0 radical (unpaired) electrons. The Kier molecular flexibility index (Phi) is 4.42. The van der Waals surface area contributed by atoms with Crippen molar-refractivity contribution in [3.05, 3.63) is 71.3 Å². The van der Waals surface area contributed by atoms with Gasteiger partial charge < -0.3 is 10.6 Å². The zero-order valence-corrected chi connectivity index (χ0v) is 12.9. The highest BCUT2D eigenvalue weighted by atomic mass is 16.2. The van der Waals surface area contributed by atoms with Crippen molar-refractivity contribution in [3.8, 4) is 0 Å². The van der Waals surface area contributed by atoms with E-state index < -0.39 is 0 Å². The number of amides is 2. The van der Waals surface area contributed by atoms with E-state index >= 15 is 0 Å². The Labute approximate surface area is 131 Å². The van der Waals surface area contributed by atoms with Crippen LogP contribution in [0.2, 0.25) is 0 Å². The number of carbonyl (C=O) groups is 1. The molecule has 1 aliphatic carbocycles. The third kappa shape index (κ3) is 3.30. The lowest BCUT2D eigenvalue weighted by molar-refractivity contribution is 0.232. The van der Waals surface area contributed by atoms with E-state index in [1.54, 1.807) is 0 Å². The Balaban J connectivity index is 1.63. The highest BCUT2D eigenvalue weighted by Gasteiger charge is 2.21. The van der Waals surface area contributed by atoms with Crippen LogP contribution < -0.4 is 10.6 Å². The van der Waals surface area contributed by atoms with Crippen LogP contribution in [0.3, 0.4) is 0 Å². The minimum atomic E-state index is -0.0990. The fraction of sp³-hybridized carbons (Fsp3) is 0.316. The molecule has 22 heavy (non-hydrogen) atoms. The predicted octanol–water partition coefficient (Wildman–Crippen LogP) is 4.12. The number of carbonyl (C=O) groups excluding carboxylic acids is 1. The Morgan fingerprint density at radius 3 is 2.64 bits per heavy atom. The zero-order valence-electron chi connectivity index (χ0n) is 12.9. The van der Waals surface area contributed by atoms with Gasteiger partial charge in [-0.1, -0.05) is 54.6 Å². The molecule has 1 aliphatic rings. The lowest BCUT2D eigenvalue weighted by atomic mass is 9.88. The van der Waals surface area contributed by atoms with Crippen LogP contribution in [0.15, 0.2) is 54.6 Å². The largest absolute Gasteiger partial charge is 0.332 e. The third-order valence-electron chi connectivity index (χ3n) is 4.32. The van der Waals surface area contributed by atoms with Crippen LogP contribution in [0.1, 0.15) is 48.5 Å². The van der Waals surface area contributed by atoms with Crippen LogP contribution in [-0.4, -0.2) is 6.03 Å². The summed E-state index contributed by atoms with van der Waals surface area (Å²) in [7, 11) is 0. The zero-order chi connectivity index (χ0) is 15.4. The van der Waals surface area contributed by atoms with E-state index in [2.05, 4.69) is 28.8 Å². The molecule has 0 aromatic heterocycles. The molecular weight excluding hydrogens is 272 g/mol. The Morgan fingerprint density at radius 1 is 1.09 bits per heavy atom. The Bertz CT molecular complexity index is 639. The van der Waals surface area contributed by atoms with Crippen LogP contribution in [0.4, 0.5) is 4.79 Å². The summed E-state index contributed by atoms with van der Waals surface area (Å²) in [6.45, 7) is 2.00. The molecule has 0 aliphatic heterocycles. The second-order valence-corrected chi connectivity index (χ2v) is 5.89. The summed E-state index contributed by atoms with van der Waals surface area (Å²) in [6, 6.07) is 18.4. The van der Waals surface area contributed by atoms with Gasteiger partial charge in [0.1, 0.15) is 0 Å². The lowest BCUT2D eigenvalue weighted by Crippen LogP contribution is -2.40. The van der Waals surface area contributed by atoms with E-state index in [1.807, 2.05) is 43.3 Å². The molecule has 0 saturated heterocycles. The van der Waals surface area contributed by atoms with Crippen molar-refractivity contribution < 1.29 is 4.79 Å². The third-order valence-corrected chi connectivity index (χ3v) is 4.32. The van der Waals surface area contributed by atoms with E-state index in [-0.39, 0.29) is 18.1 Å². The second kappa shape index (κ2) is 6.65. The summed E-state index contributed by atoms with van der Waals surface area (Å²) in [4.78, 5) is 12.3. The van der Waals surface area contributed by atoms with Gasteiger partial charge in [-0.3, -0.25) is 0 Å². The quantitative estimate of drug-likeness (QED) is 0.878. The summed E-state index contributed by atoms with van der Waals surface area (Å²) >= 11 is 0. The van der Waals surface area contributed by atoms with E-state index in [1.165, 1.54) is 11.1 Å². The lowest BCUT2D eigenvalue weighted by Gasteiger charge is -2.27. The molecule has 2 aromatic rings. The SMILES string of the molecule is CC(NC(=O)NC1CCCc2ccccc21)c1ccccc1. The minimum absolute atomic E-state index is 0.0000318. The van der Waals surface area contributed by atoms with Gasteiger partial charge in [-0.05, 0) is 42.9 Å². The van der Waals surface area contributed by atoms with Crippen molar-refractivity contribution in [3.63, 3.8) is 0 Å². The highest BCUT2D eigenvalue weighted by molar-refractivity contribution is 5.75. The van der Waals surface area contributed by atoms with Crippen LogP contribution in [-0.2, 0) is 6.42 Å². The molecule has 114 valence electrons.